The average Bonchev–Trinajstić information content (AvgIpc) is 2.67. The Morgan fingerprint density at radius 1 is 1.40 bits per heavy atom. The molecule has 2 heteroatoms. The van der Waals surface area contributed by atoms with Crippen LogP contribution in [0.25, 0.3) is 0 Å². The largest absolute Gasteiger partial charge is 0.391 e. The molecule has 1 heterocycles. The summed E-state index contributed by atoms with van der Waals surface area (Å²) in [6.45, 7) is 3.69. The summed E-state index contributed by atoms with van der Waals surface area (Å²) in [6, 6.07) is 10.5. The molecule has 0 saturated carbocycles. The molecule has 1 aromatic rings. The minimum absolute atomic E-state index is 0.171. The molecule has 2 rings (SSSR count). The average molecular weight is 203 g/mol. The van der Waals surface area contributed by atoms with Crippen LogP contribution in [0.5, 0.6) is 0 Å². The minimum Gasteiger partial charge on any atom is -0.391 e. The van der Waals surface area contributed by atoms with E-state index >= 15 is 0 Å². The van der Waals surface area contributed by atoms with Gasteiger partial charge in [0.25, 0.3) is 0 Å². The van der Waals surface area contributed by atoms with Crippen molar-refractivity contribution in [1.82, 2.24) is 4.90 Å². The Morgan fingerprint density at radius 3 is 2.80 bits per heavy atom. The Labute approximate surface area is 90.8 Å². The molecule has 0 amide bonds. The SMILES string of the molecule is C[C@H](O)[C@H]1C=CCN1Cc1ccccc1. The highest BCUT2D eigenvalue weighted by Crippen LogP contribution is 2.16. The van der Waals surface area contributed by atoms with E-state index in [1.165, 1.54) is 5.56 Å². The molecular weight excluding hydrogens is 186 g/mol. The molecule has 1 aliphatic rings. The minimum atomic E-state index is -0.299. The van der Waals surface area contributed by atoms with Gasteiger partial charge in [-0.15, -0.1) is 0 Å². The Hall–Kier alpha value is -1.12. The molecule has 0 spiro atoms. The fourth-order valence-electron chi connectivity index (χ4n) is 2.03. The van der Waals surface area contributed by atoms with Crippen molar-refractivity contribution in [1.29, 1.82) is 0 Å². The zero-order valence-electron chi connectivity index (χ0n) is 9.00. The number of hydrogen-bond donors (Lipinski definition) is 1. The first-order valence-electron chi connectivity index (χ1n) is 5.40. The Bertz CT molecular complexity index is 332. The highest BCUT2D eigenvalue weighted by atomic mass is 16.3. The van der Waals surface area contributed by atoms with Gasteiger partial charge in [0.1, 0.15) is 0 Å². The number of nitrogens with zero attached hydrogens (tertiary/aromatic N) is 1. The highest BCUT2D eigenvalue weighted by Gasteiger charge is 2.23. The highest BCUT2D eigenvalue weighted by molar-refractivity contribution is 5.16. The molecule has 0 aromatic heterocycles. The van der Waals surface area contributed by atoms with Crippen LogP contribution in [0.1, 0.15) is 12.5 Å². The van der Waals surface area contributed by atoms with Gasteiger partial charge >= 0.3 is 0 Å². The van der Waals surface area contributed by atoms with Crippen molar-refractivity contribution in [2.75, 3.05) is 6.54 Å². The summed E-state index contributed by atoms with van der Waals surface area (Å²) in [6.07, 6.45) is 3.92. The van der Waals surface area contributed by atoms with Gasteiger partial charge in [-0.05, 0) is 12.5 Å². The van der Waals surface area contributed by atoms with E-state index in [9.17, 15) is 5.11 Å². The maximum Gasteiger partial charge on any atom is 0.0703 e. The van der Waals surface area contributed by atoms with Crippen LogP contribution in [0.15, 0.2) is 42.5 Å². The molecule has 1 aromatic carbocycles. The quantitative estimate of drug-likeness (QED) is 0.757. The lowest BCUT2D eigenvalue weighted by atomic mass is 10.1. The van der Waals surface area contributed by atoms with Gasteiger partial charge in [0.15, 0.2) is 0 Å². The fourth-order valence-corrected chi connectivity index (χ4v) is 2.03. The van der Waals surface area contributed by atoms with Crippen LogP contribution in [-0.4, -0.2) is 28.7 Å². The molecule has 0 bridgehead atoms. The van der Waals surface area contributed by atoms with Crippen LogP contribution >= 0.6 is 0 Å². The monoisotopic (exact) mass is 203 g/mol. The van der Waals surface area contributed by atoms with E-state index in [0.29, 0.717) is 0 Å². The third kappa shape index (κ3) is 2.46. The van der Waals surface area contributed by atoms with Crippen LogP contribution in [0.2, 0.25) is 0 Å². The summed E-state index contributed by atoms with van der Waals surface area (Å²) < 4.78 is 0. The Kier molecular flexibility index (Phi) is 3.19. The number of aliphatic hydroxyl groups excluding tert-OH is 1. The van der Waals surface area contributed by atoms with Crippen LogP contribution in [0.4, 0.5) is 0 Å². The van der Waals surface area contributed by atoms with Crippen molar-refractivity contribution in [3.05, 3.63) is 48.0 Å². The Morgan fingerprint density at radius 2 is 2.13 bits per heavy atom. The van der Waals surface area contributed by atoms with Crippen LogP contribution < -0.4 is 0 Å². The molecule has 2 nitrogen and oxygen atoms in total. The second kappa shape index (κ2) is 4.60. The topological polar surface area (TPSA) is 23.5 Å². The van der Waals surface area contributed by atoms with E-state index in [-0.39, 0.29) is 12.1 Å². The van der Waals surface area contributed by atoms with Gasteiger partial charge < -0.3 is 5.11 Å². The summed E-state index contributed by atoms with van der Waals surface area (Å²) >= 11 is 0. The smallest absolute Gasteiger partial charge is 0.0703 e. The molecule has 2 atom stereocenters. The zero-order chi connectivity index (χ0) is 10.7. The van der Waals surface area contributed by atoms with E-state index < -0.39 is 0 Å². The molecule has 0 aliphatic carbocycles. The predicted molar refractivity (Wildman–Crippen MR) is 61.5 cm³/mol. The van der Waals surface area contributed by atoms with Crippen molar-refractivity contribution in [2.24, 2.45) is 0 Å². The first-order valence-corrected chi connectivity index (χ1v) is 5.40. The number of rotatable bonds is 3. The standard InChI is InChI=1S/C13H17NO/c1-11(15)13-8-5-9-14(13)10-12-6-3-2-4-7-12/h2-8,11,13,15H,9-10H2,1H3/t11-,13+/m0/s1. The van der Waals surface area contributed by atoms with Gasteiger partial charge in [0.05, 0.1) is 12.1 Å². The third-order valence-corrected chi connectivity index (χ3v) is 2.82. The summed E-state index contributed by atoms with van der Waals surface area (Å²) in [4.78, 5) is 2.28. The van der Waals surface area contributed by atoms with Crippen molar-refractivity contribution < 1.29 is 5.11 Å². The number of benzene rings is 1. The molecule has 1 N–H and O–H groups in total. The van der Waals surface area contributed by atoms with E-state index in [1.54, 1.807) is 0 Å². The van der Waals surface area contributed by atoms with Gasteiger partial charge in [-0.1, -0.05) is 42.5 Å². The van der Waals surface area contributed by atoms with Crippen molar-refractivity contribution in [3.8, 4) is 0 Å². The first kappa shape index (κ1) is 10.4. The van der Waals surface area contributed by atoms with E-state index in [4.69, 9.17) is 0 Å². The van der Waals surface area contributed by atoms with Gasteiger partial charge in [0, 0.05) is 13.1 Å². The molecule has 0 fully saturated rings. The maximum absolute atomic E-state index is 9.61. The van der Waals surface area contributed by atoms with Crippen LogP contribution in [0.3, 0.4) is 0 Å². The summed E-state index contributed by atoms with van der Waals surface area (Å²) in [5, 5.41) is 9.61. The maximum atomic E-state index is 9.61. The lowest BCUT2D eigenvalue weighted by Gasteiger charge is -2.26. The normalized spacial score (nSPS) is 23.2. The summed E-state index contributed by atoms with van der Waals surface area (Å²) in [7, 11) is 0. The molecule has 0 unspecified atom stereocenters. The van der Waals surface area contributed by atoms with Crippen LogP contribution in [-0.2, 0) is 6.54 Å². The predicted octanol–water partition coefficient (Wildman–Crippen LogP) is 1.81. The van der Waals surface area contributed by atoms with Gasteiger partial charge in [0.2, 0.25) is 0 Å². The van der Waals surface area contributed by atoms with E-state index in [2.05, 4.69) is 41.3 Å². The summed E-state index contributed by atoms with van der Waals surface area (Å²) in [5.74, 6) is 0. The first-order chi connectivity index (χ1) is 7.27. The zero-order valence-corrected chi connectivity index (χ0v) is 9.00. The number of hydrogen-bond acceptors (Lipinski definition) is 2. The van der Waals surface area contributed by atoms with Crippen molar-refractivity contribution >= 4 is 0 Å². The lowest BCUT2D eigenvalue weighted by molar-refractivity contribution is 0.0978. The molecule has 1 aliphatic heterocycles. The van der Waals surface area contributed by atoms with Crippen LogP contribution in [0, 0.1) is 0 Å². The molecule has 0 saturated heterocycles. The lowest BCUT2D eigenvalue weighted by Crippen LogP contribution is -2.37. The molecule has 15 heavy (non-hydrogen) atoms. The van der Waals surface area contributed by atoms with Gasteiger partial charge in [-0.2, -0.15) is 0 Å². The molecular formula is C13H17NO. The van der Waals surface area contributed by atoms with Crippen molar-refractivity contribution in [2.45, 2.75) is 25.6 Å². The van der Waals surface area contributed by atoms with Gasteiger partial charge in [-0.3, -0.25) is 4.90 Å². The number of aliphatic hydroxyl groups is 1. The molecule has 80 valence electrons. The van der Waals surface area contributed by atoms with Gasteiger partial charge in [-0.25, -0.2) is 0 Å². The van der Waals surface area contributed by atoms with E-state index in [1.807, 2.05) is 13.0 Å². The second-order valence-corrected chi connectivity index (χ2v) is 4.07. The summed E-state index contributed by atoms with van der Waals surface area (Å²) in [5.41, 5.74) is 1.30. The molecule has 0 radical (unpaired) electrons. The second-order valence-electron chi connectivity index (χ2n) is 4.07. The third-order valence-electron chi connectivity index (χ3n) is 2.82. The Balaban J connectivity index is 2.01. The fraction of sp³-hybridized carbons (Fsp3) is 0.385. The van der Waals surface area contributed by atoms with Crippen molar-refractivity contribution in [3.63, 3.8) is 0 Å². The van der Waals surface area contributed by atoms with E-state index in [0.717, 1.165) is 13.1 Å².